The predicted octanol–water partition coefficient (Wildman–Crippen LogP) is 4.32. The SMILES string of the molecule is CCC1(c2cccs2)CCC(C)(CBr)O1. The molecule has 0 N–H and O–H groups in total. The largest absolute Gasteiger partial charge is 0.362 e. The molecule has 1 aromatic heterocycles. The minimum absolute atomic E-state index is 0.0139. The molecule has 2 unspecified atom stereocenters. The molecule has 0 spiro atoms. The van der Waals surface area contributed by atoms with Gasteiger partial charge in [-0.2, -0.15) is 0 Å². The molecule has 1 aromatic rings. The van der Waals surface area contributed by atoms with Crippen molar-refractivity contribution in [2.75, 3.05) is 5.33 Å². The van der Waals surface area contributed by atoms with E-state index >= 15 is 0 Å². The van der Waals surface area contributed by atoms with Crippen molar-refractivity contribution < 1.29 is 4.74 Å². The molecule has 2 heterocycles. The molecule has 1 fully saturated rings. The summed E-state index contributed by atoms with van der Waals surface area (Å²) < 4.78 is 6.34. The van der Waals surface area contributed by atoms with Crippen LogP contribution in [0.1, 0.15) is 38.0 Å². The Morgan fingerprint density at radius 2 is 2.33 bits per heavy atom. The maximum atomic E-state index is 6.34. The molecule has 1 aliphatic rings. The fraction of sp³-hybridized carbons (Fsp3) is 0.667. The Bertz CT molecular complexity index is 324. The van der Waals surface area contributed by atoms with Gasteiger partial charge in [0, 0.05) is 10.2 Å². The van der Waals surface area contributed by atoms with Gasteiger partial charge < -0.3 is 4.74 Å². The highest BCUT2D eigenvalue weighted by atomic mass is 79.9. The lowest BCUT2D eigenvalue weighted by Crippen LogP contribution is -2.32. The Kier molecular flexibility index (Phi) is 3.25. The molecule has 0 bridgehead atoms. The van der Waals surface area contributed by atoms with Crippen LogP contribution in [0.25, 0.3) is 0 Å². The molecular weight excluding hydrogens is 272 g/mol. The normalized spacial score (nSPS) is 35.9. The third kappa shape index (κ3) is 2.02. The fourth-order valence-corrected chi connectivity index (χ4v) is 3.63. The lowest BCUT2D eigenvalue weighted by Gasteiger charge is -2.31. The van der Waals surface area contributed by atoms with Gasteiger partial charge in [0.1, 0.15) is 5.60 Å². The maximum absolute atomic E-state index is 6.34. The first-order chi connectivity index (χ1) is 7.14. The molecule has 1 saturated heterocycles. The number of ether oxygens (including phenoxy) is 1. The van der Waals surface area contributed by atoms with Crippen molar-refractivity contribution in [3.8, 4) is 0 Å². The fourth-order valence-electron chi connectivity index (χ4n) is 2.27. The van der Waals surface area contributed by atoms with E-state index in [1.807, 2.05) is 11.3 Å². The zero-order valence-corrected chi connectivity index (χ0v) is 11.7. The van der Waals surface area contributed by atoms with Crippen molar-refractivity contribution in [3.05, 3.63) is 22.4 Å². The van der Waals surface area contributed by atoms with Crippen molar-refractivity contribution in [3.63, 3.8) is 0 Å². The first-order valence-electron chi connectivity index (χ1n) is 5.44. The quantitative estimate of drug-likeness (QED) is 0.753. The number of hydrogen-bond acceptors (Lipinski definition) is 2. The van der Waals surface area contributed by atoms with Crippen LogP contribution in [0.15, 0.2) is 17.5 Å². The van der Waals surface area contributed by atoms with E-state index in [0.29, 0.717) is 0 Å². The van der Waals surface area contributed by atoms with Gasteiger partial charge in [-0.25, -0.2) is 0 Å². The molecule has 0 aliphatic carbocycles. The second kappa shape index (κ2) is 4.19. The molecule has 1 aliphatic heterocycles. The van der Waals surface area contributed by atoms with E-state index in [9.17, 15) is 0 Å². The Morgan fingerprint density at radius 3 is 2.80 bits per heavy atom. The van der Waals surface area contributed by atoms with E-state index in [4.69, 9.17) is 4.74 Å². The summed E-state index contributed by atoms with van der Waals surface area (Å²) in [5.74, 6) is 0. The summed E-state index contributed by atoms with van der Waals surface area (Å²) in [5.41, 5.74) is -0.00329. The number of rotatable bonds is 3. The number of halogens is 1. The van der Waals surface area contributed by atoms with Crippen LogP contribution in [0.2, 0.25) is 0 Å². The first-order valence-corrected chi connectivity index (χ1v) is 7.44. The van der Waals surface area contributed by atoms with Crippen LogP contribution in [0.4, 0.5) is 0 Å². The summed E-state index contributed by atoms with van der Waals surface area (Å²) in [6.07, 6.45) is 3.35. The molecular formula is C12H17BrOS. The minimum atomic E-state index is -0.0172. The molecule has 1 nitrogen and oxygen atoms in total. The molecule has 84 valence electrons. The van der Waals surface area contributed by atoms with E-state index in [-0.39, 0.29) is 11.2 Å². The minimum Gasteiger partial charge on any atom is -0.362 e. The Morgan fingerprint density at radius 1 is 1.53 bits per heavy atom. The van der Waals surface area contributed by atoms with Gasteiger partial charge in [0.05, 0.1) is 5.60 Å². The Balaban J connectivity index is 2.26. The first kappa shape index (κ1) is 11.6. The summed E-state index contributed by atoms with van der Waals surface area (Å²) >= 11 is 5.37. The van der Waals surface area contributed by atoms with Crippen LogP contribution in [-0.2, 0) is 10.3 Å². The molecule has 2 atom stereocenters. The molecule has 2 rings (SSSR count). The number of thiophene rings is 1. The molecule has 0 saturated carbocycles. The number of hydrogen-bond donors (Lipinski definition) is 0. The average Bonchev–Trinajstić information content (AvgIpc) is 2.86. The van der Waals surface area contributed by atoms with Crippen LogP contribution >= 0.6 is 27.3 Å². The van der Waals surface area contributed by atoms with E-state index in [0.717, 1.165) is 24.6 Å². The third-order valence-corrected chi connectivity index (χ3v) is 5.56. The lowest BCUT2D eigenvalue weighted by atomic mass is 9.93. The third-order valence-electron chi connectivity index (χ3n) is 3.32. The monoisotopic (exact) mass is 288 g/mol. The summed E-state index contributed by atoms with van der Waals surface area (Å²) in [5, 5.41) is 3.06. The summed E-state index contributed by atoms with van der Waals surface area (Å²) in [6, 6.07) is 4.32. The van der Waals surface area contributed by atoms with Gasteiger partial charge in [-0.05, 0) is 37.6 Å². The van der Waals surface area contributed by atoms with E-state index in [2.05, 4.69) is 47.3 Å². The van der Waals surface area contributed by atoms with Gasteiger partial charge >= 0.3 is 0 Å². The topological polar surface area (TPSA) is 9.23 Å². The van der Waals surface area contributed by atoms with Gasteiger partial charge in [-0.1, -0.05) is 28.9 Å². The number of alkyl halides is 1. The van der Waals surface area contributed by atoms with Gasteiger partial charge in [-0.15, -0.1) is 11.3 Å². The summed E-state index contributed by atoms with van der Waals surface area (Å²) in [4.78, 5) is 1.38. The average molecular weight is 289 g/mol. The highest BCUT2D eigenvalue weighted by molar-refractivity contribution is 9.09. The van der Waals surface area contributed by atoms with Crippen molar-refractivity contribution >= 4 is 27.3 Å². The predicted molar refractivity (Wildman–Crippen MR) is 68.8 cm³/mol. The van der Waals surface area contributed by atoms with Crippen LogP contribution in [0.3, 0.4) is 0 Å². The maximum Gasteiger partial charge on any atom is 0.103 e. The highest BCUT2D eigenvalue weighted by Gasteiger charge is 2.46. The molecule has 3 heteroatoms. The van der Waals surface area contributed by atoms with Gasteiger partial charge in [-0.3, -0.25) is 0 Å². The second-order valence-electron chi connectivity index (χ2n) is 4.51. The standard InChI is InChI=1S/C12H17BrOS/c1-3-12(10-5-4-8-15-10)7-6-11(2,9-13)14-12/h4-5,8H,3,6-7,9H2,1-2H3. The Labute approximate surface area is 104 Å². The summed E-state index contributed by atoms with van der Waals surface area (Å²) in [7, 11) is 0. The Hall–Kier alpha value is 0.140. The van der Waals surface area contributed by atoms with E-state index in [1.54, 1.807) is 0 Å². The van der Waals surface area contributed by atoms with Crippen molar-refractivity contribution in [1.82, 2.24) is 0 Å². The van der Waals surface area contributed by atoms with Crippen LogP contribution in [-0.4, -0.2) is 10.9 Å². The molecule has 15 heavy (non-hydrogen) atoms. The van der Waals surface area contributed by atoms with Crippen LogP contribution < -0.4 is 0 Å². The van der Waals surface area contributed by atoms with Gasteiger partial charge in [0.15, 0.2) is 0 Å². The van der Waals surface area contributed by atoms with Crippen LogP contribution in [0, 0.1) is 0 Å². The summed E-state index contributed by atoms with van der Waals surface area (Å²) in [6.45, 7) is 4.42. The highest BCUT2D eigenvalue weighted by Crippen LogP contribution is 2.48. The lowest BCUT2D eigenvalue weighted by molar-refractivity contribution is -0.0872. The van der Waals surface area contributed by atoms with Crippen molar-refractivity contribution in [2.45, 2.75) is 44.3 Å². The van der Waals surface area contributed by atoms with Gasteiger partial charge in [0.25, 0.3) is 0 Å². The van der Waals surface area contributed by atoms with E-state index < -0.39 is 0 Å². The van der Waals surface area contributed by atoms with Crippen LogP contribution in [0.5, 0.6) is 0 Å². The van der Waals surface area contributed by atoms with Crippen molar-refractivity contribution in [1.29, 1.82) is 0 Å². The smallest absolute Gasteiger partial charge is 0.103 e. The molecule has 0 radical (unpaired) electrons. The van der Waals surface area contributed by atoms with Gasteiger partial charge in [0.2, 0.25) is 0 Å². The molecule has 0 amide bonds. The second-order valence-corrected chi connectivity index (χ2v) is 6.02. The zero-order chi connectivity index (χ0) is 10.9. The molecule has 0 aromatic carbocycles. The van der Waals surface area contributed by atoms with Crippen molar-refractivity contribution in [2.24, 2.45) is 0 Å². The zero-order valence-electron chi connectivity index (χ0n) is 9.25. The van der Waals surface area contributed by atoms with E-state index in [1.165, 1.54) is 4.88 Å².